The maximum absolute atomic E-state index is 14.7. The Kier molecular flexibility index (Phi) is 9.65. The average Bonchev–Trinajstić information content (AvgIpc) is 4.09. The van der Waals surface area contributed by atoms with Crippen LogP contribution >= 0.6 is 0 Å². The number of allylic oxidation sites excluding steroid dienone is 1. The number of fused-ring (bicyclic) bond motifs is 5. The number of hydrogen-bond acceptors (Lipinski definition) is 10. The van der Waals surface area contributed by atoms with Crippen LogP contribution in [0.15, 0.2) is 30.4 Å². The molecule has 3 saturated carbocycles. The molecule has 14 heteroatoms. The fraction of sp³-hybridized carbons (Fsp3) is 0.634. The van der Waals surface area contributed by atoms with Gasteiger partial charge in [-0.1, -0.05) is 25.0 Å². The lowest BCUT2D eigenvalue weighted by molar-refractivity contribution is -0.150. The van der Waals surface area contributed by atoms with Crippen molar-refractivity contribution < 1.29 is 41.8 Å². The molecule has 1 aromatic heterocycles. The third kappa shape index (κ3) is 7.08. The van der Waals surface area contributed by atoms with Crippen molar-refractivity contribution in [2.24, 2.45) is 11.8 Å². The number of aromatic nitrogens is 1. The number of sulfonamides is 1. The van der Waals surface area contributed by atoms with E-state index in [0.29, 0.717) is 50.0 Å². The number of amides is 3. The molecule has 4 heterocycles. The molecule has 13 nitrogen and oxygen atoms in total. The number of carbonyl (C=O) groups is 4. The van der Waals surface area contributed by atoms with Gasteiger partial charge >= 0.3 is 5.97 Å². The molecule has 3 amide bonds. The summed E-state index contributed by atoms with van der Waals surface area (Å²) in [5.41, 5.74) is 0.365. The second-order valence-electron chi connectivity index (χ2n) is 16.9. The Morgan fingerprint density at radius 3 is 2.62 bits per heavy atom. The van der Waals surface area contributed by atoms with Crippen LogP contribution in [0.5, 0.6) is 11.5 Å². The van der Waals surface area contributed by atoms with Crippen molar-refractivity contribution in [3.63, 3.8) is 0 Å². The quantitative estimate of drug-likeness (QED) is 0.282. The van der Waals surface area contributed by atoms with Crippen LogP contribution < -0.4 is 19.5 Å². The Hall–Kier alpha value is -4.20. The highest BCUT2D eigenvalue weighted by atomic mass is 32.2. The van der Waals surface area contributed by atoms with Crippen molar-refractivity contribution in [2.45, 2.75) is 132 Å². The van der Waals surface area contributed by atoms with Crippen molar-refractivity contribution in [1.29, 1.82) is 0 Å². The van der Waals surface area contributed by atoms with E-state index in [1.165, 1.54) is 0 Å². The molecule has 6 aliphatic rings. The summed E-state index contributed by atoms with van der Waals surface area (Å²) in [5.74, 6) is -1.55. The lowest BCUT2D eigenvalue weighted by Gasteiger charge is -2.37. The number of rotatable bonds is 8. The van der Waals surface area contributed by atoms with Gasteiger partial charge in [0.1, 0.15) is 28.7 Å². The molecule has 0 bridgehead atoms. The molecule has 3 aliphatic heterocycles. The Bertz CT molecular complexity index is 2060. The van der Waals surface area contributed by atoms with Gasteiger partial charge in [0.15, 0.2) is 0 Å². The summed E-state index contributed by atoms with van der Waals surface area (Å²) in [7, 11) is -2.35. The number of aryl methyl sites for hydroxylation is 1. The number of esters is 1. The van der Waals surface area contributed by atoms with Crippen LogP contribution in [-0.4, -0.2) is 84.2 Å². The monoisotopic (exact) mass is 776 g/mol. The van der Waals surface area contributed by atoms with Crippen LogP contribution in [0.3, 0.4) is 0 Å². The summed E-state index contributed by atoms with van der Waals surface area (Å²) < 4.78 is 45.6. The van der Waals surface area contributed by atoms with E-state index in [1.54, 1.807) is 25.9 Å². The number of benzene rings is 1. The highest BCUT2D eigenvalue weighted by Gasteiger charge is 2.64. The molecule has 3 aliphatic carbocycles. The number of carbonyl (C=O) groups excluding carboxylic acids is 4. The smallest absolute Gasteiger partial charge is 0.306 e. The lowest BCUT2D eigenvalue weighted by Crippen LogP contribution is -2.57. The Morgan fingerprint density at radius 2 is 1.89 bits per heavy atom. The maximum Gasteiger partial charge on any atom is 0.306 e. The Labute approximate surface area is 322 Å². The molecule has 55 heavy (non-hydrogen) atoms. The number of hydrogen-bond donors (Lipinski definition) is 2. The van der Waals surface area contributed by atoms with Gasteiger partial charge in [0.2, 0.25) is 21.8 Å². The van der Waals surface area contributed by atoms with Gasteiger partial charge in [-0.3, -0.25) is 23.9 Å². The van der Waals surface area contributed by atoms with Crippen molar-refractivity contribution in [3.05, 3.63) is 41.6 Å². The average molecular weight is 777 g/mol. The second kappa shape index (κ2) is 14.1. The first-order valence-electron chi connectivity index (χ1n) is 20.0. The molecule has 1 saturated heterocycles. The van der Waals surface area contributed by atoms with Crippen molar-refractivity contribution in [3.8, 4) is 11.5 Å². The van der Waals surface area contributed by atoms with Gasteiger partial charge < -0.3 is 24.4 Å². The molecule has 0 radical (unpaired) electrons. The van der Waals surface area contributed by atoms with E-state index in [1.807, 2.05) is 30.4 Å². The molecule has 4 fully saturated rings. The van der Waals surface area contributed by atoms with E-state index in [9.17, 15) is 27.6 Å². The standard InChI is InChI=1S/C41H52N4O9S/c1-4-53-33(46)20-26-10-8-6-5-7-9-11-27-22-41(27,38(49)44-55(50,51)39(2)18-19-39)43-36(47)32-23-40(24-45(32)37(26)48)17-16-29-30-21-28(52-3)14-15-31(30)42-34(25-12-13-25)35(29)54-40/h9,11,14-15,21,25-27,32H,4-8,10,12-13,16-20,22-24H2,1-3H3,(H,43,47)(H,44,49)/b11-9-/t26-,27-,32+,40-,41-/m1/s1. The second-order valence-corrected chi connectivity index (χ2v) is 19.1. The van der Waals surface area contributed by atoms with Crippen LogP contribution in [0.4, 0.5) is 0 Å². The van der Waals surface area contributed by atoms with Crippen LogP contribution in [0.1, 0.15) is 114 Å². The van der Waals surface area contributed by atoms with E-state index in [4.69, 9.17) is 19.2 Å². The summed E-state index contributed by atoms with van der Waals surface area (Å²) >= 11 is 0. The van der Waals surface area contributed by atoms with E-state index >= 15 is 0 Å². The Balaban J connectivity index is 1.15. The third-order valence-electron chi connectivity index (χ3n) is 12.8. The molecular formula is C41H52N4O9S. The zero-order valence-corrected chi connectivity index (χ0v) is 32.8. The van der Waals surface area contributed by atoms with Crippen molar-refractivity contribution >= 4 is 44.6 Å². The number of methoxy groups -OCH3 is 1. The fourth-order valence-corrected chi connectivity index (χ4v) is 10.2. The third-order valence-corrected chi connectivity index (χ3v) is 15.0. The minimum atomic E-state index is -3.97. The van der Waals surface area contributed by atoms with Crippen molar-refractivity contribution in [1.82, 2.24) is 19.9 Å². The number of ether oxygens (including phenoxy) is 3. The SMILES string of the molecule is CCOC(=O)C[C@H]1CCCCC/C=C\[C@@H]2C[C@@]2(C(=O)NS(=O)(=O)C2(C)CC2)NC(=O)[C@@H]2C[C@]3(CCc4c(c(C5CC5)nc5ccc(OC)cc45)O3)CN2C1=O. The van der Waals surface area contributed by atoms with Gasteiger partial charge in [0.25, 0.3) is 5.91 Å². The van der Waals surface area contributed by atoms with Gasteiger partial charge in [-0.15, -0.1) is 0 Å². The highest BCUT2D eigenvalue weighted by Crippen LogP contribution is 2.52. The van der Waals surface area contributed by atoms with Crippen LogP contribution in [0.25, 0.3) is 10.9 Å². The van der Waals surface area contributed by atoms with Crippen molar-refractivity contribution in [2.75, 3.05) is 20.3 Å². The summed E-state index contributed by atoms with van der Waals surface area (Å²) in [6.07, 6.45) is 11.8. The molecule has 8 rings (SSSR count). The molecule has 1 spiro atoms. The molecule has 5 atom stereocenters. The van der Waals surface area contributed by atoms with E-state index in [-0.39, 0.29) is 44.2 Å². The van der Waals surface area contributed by atoms with Gasteiger partial charge in [0, 0.05) is 35.1 Å². The number of nitrogens with one attached hydrogen (secondary N) is 2. The van der Waals surface area contributed by atoms with Crippen LogP contribution in [0.2, 0.25) is 0 Å². The number of nitrogens with zero attached hydrogens (tertiary/aromatic N) is 2. The van der Waals surface area contributed by atoms with Crippen LogP contribution in [0, 0.1) is 11.8 Å². The fourth-order valence-electron chi connectivity index (χ4n) is 8.85. The van der Waals surface area contributed by atoms with Gasteiger partial charge in [-0.05, 0) is 96.3 Å². The molecular weight excluding hydrogens is 725 g/mol. The predicted octanol–water partition coefficient (Wildman–Crippen LogP) is 4.75. The Morgan fingerprint density at radius 1 is 1.09 bits per heavy atom. The normalized spacial score (nSPS) is 30.7. The van der Waals surface area contributed by atoms with Gasteiger partial charge in [-0.25, -0.2) is 13.4 Å². The summed E-state index contributed by atoms with van der Waals surface area (Å²) in [6, 6.07) is 4.81. The minimum absolute atomic E-state index is 0.108. The zero-order valence-electron chi connectivity index (χ0n) is 32.0. The first kappa shape index (κ1) is 37.7. The summed E-state index contributed by atoms with van der Waals surface area (Å²) in [5, 5.41) is 3.93. The van der Waals surface area contributed by atoms with E-state index < -0.39 is 61.6 Å². The lowest BCUT2D eigenvalue weighted by atomic mass is 9.86. The molecule has 2 aromatic rings. The minimum Gasteiger partial charge on any atom is -0.497 e. The summed E-state index contributed by atoms with van der Waals surface area (Å²) in [4.78, 5) is 62.9. The van der Waals surface area contributed by atoms with Crippen LogP contribution in [-0.2, 0) is 40.4 Å². The van der Waals surface area contributed by atoms with E-state index in [0.717, 1.165) is 54.3 Å². The summed E-state index contributed by atoms with van der Waals surface area (Å²) in [6.45, 7) is 3.64. The van der Waals surface area contributed by atoms with E-state index in [2.05, 4.69) is 10.0 Å². The molecule has 296 valence electrons. The first-order chi connectivity index (χ1) is 26.3. The molecule has 0 unspecified atom stereocenters. The topological polar surface area (TPSA) is 170 Å². The first-order valence-corrected chi connectivity index (χ1v) is 21.5. The number of pyridine rings is 1. The van der Waals surface area contributed by atoms with Gasteiger partial charge in [-0.2, -0.15) is 0 Å². The molecule has 2 N–H and O–H groups in total. The maximum atomic E-state index is 14.7. The zero-order chi connectivity index (χ0) is 38.8. The highest BCUT2D eigenvalue weighted by molar-refractivity contribution is 7.91. The largest absolute Gasteiger partial charge is 0.497 e. The van der Waals surface area contributed by atoms with Gasteiger partial charge in [0.05, 0.1) is 42.6 Å². The predicted molar refractivity (Wildman–Crippen MR) is 203 cm³/mol. The molecule has 1 aromatic carbocycles.